The van der Waals surface area contributed by atoms with E-state index in [0.717, 1.165) is 28.9 Å². The molecule has 0 aliphatic rings. The van der Waals surface area contributed by atoms with Crippen LogP contribution in [0.5, 0.6) is 0 Å². The molecule has 8 heteroatoms. The highest BCUT2D eigenvalue weighted by Crippen LogP contribution is 2.15. The summed E-state index contributed by atoms with van der Waals surface area (Å²) >= 11 is 0. The van der Waals surface area contributed by atoms with Gasteiger partial charge in [0.2, 0.25) is 5.43 Å². The lowest BCUT2D eigenvalue weighted by Gasteiger charge is -2.12. The number of aromatic nitrogens is 2. The van der Waals surface area contributed by atoms with Gasteiger partial charge in [0.25, 0.3) is 5.91 Å². The molecule has 0 saturated heterocycles. The van der Waals surface area contributed by atoms with E-state index in [1.165, 1.54) is 25.1 Å². The minimum absolute atomic E-state index is 0.0480. The third kappa shape index (κ3) is 3.34. The highest BCUT2D eigenvalue weighted by molar-refractivity contribution is 6.02. The maximum atomic E-state index is 14.0. The number of carbonyl (C=O) groups is 1. The predicted molar refractivity (Wildman–Crippen MR) is 88.8 cm³/mol. The summed E-state index contributed by atoms with van der Waals surface area (Å²) < 4.78 is 41.3. The first kappa shape index (κ1) is 17.4. The van der Waals surface area contributed by atoms with Crippen LogP contribution in [0.3, 0.4) is 0 Å². The zero-order valence-corrected chi connectivity index (χ0v) is 13.5. The molecule has 0 unspecified atom stereocenters. The van der Waals surface area contributed by atoms with Gasteiger partial charge in [-0.05, 0) is 31.2 Å². The van der Waals surface area contributed by atoms with Crippen molar-refractivity contribution in [1.82, 2.24) is 9.78 Å². The van der Waals surface area contributed by atoms with Gasteiger partial charge in [0, 0.05) is 23.5 Å². The molecule has 1 heterocycles. The van der Waals surface area contributed by atoms with E-state index in [1.54, 1.807) is 6.07 Å². The van der Waals surface area contributed by atoms with Crippen molar-refractivity contribution in [3.8, 4) is 5.69 Å². The average Bonchev–Trinajstić information content (AvgIpc) is 2.59. The van der Waals surface area contributed by atoms with Crippen LogP contribution in [0.25, 0.3) is 5.69 Å². The van der Waals surface area contributed by atoms with Crippen LogP contribution in [-0.4, -0.2) is 15.7 Å². The zero-order chi connectivity index (χ0) is 18.8. The van der Waals surface area contributed by atoms with Gasteiger partial charge in [-0.3, -0.25) is 9.59 Å². The fourth-order valence-corrected chi connectivity index (χ4v) is 2.34. The van der Waals surface area contributed by atoms with Crippen molar-refractivity contribution in [3.05, 3.63) is 87.6 Å². The number of halogens is 3. The standard InChI is InChI=1S/C18H12F3N3O2/c1-10-8-16(25)17(23-24(10)15-5-3-2-4-13(15)20)18(26)22-11-6-7-12(19)14(21)9-11/h2-9H,1H3,(H,22,26). The monoisotopic (exact) mass is 359 g/mol. The summed E-state index contributed by atoms with van der Waals surface area (Å²) in [6.45, 7) is 1.54. The van der Waals surface area contributed by atoms with Crippen molar-refractivity contribution in [2.75, 3.05) is 5.32 Å². The minimum atomic E-state index is -1.15. The molecule has 0 saturated carbocycles. The van der Waals surface area contributed by atoms with E-state index in [9.17, 15) is 22.8 Å². The molecule has 0 aliphatic carbocycles. The fraction of sp³-hybridized carbons (Fsp3) is 0.0556. The first-order valence-electron chi connectivity index (χ1n) is 7.49. The molecule has 1 N–H and O–H groups in total. The second kappa shape index (κ2) is 6.83. The van der Waals surface area contributed by atoms with Gasteiger partial charge in [-0.2, -0.15) is 5.10 Å². The third-order valence-electron chi connectivity index (χ3n) is 3.58. The van der Waals surface area contributed by atoms with Crippen LogP contribution < -0.4 is 10.7 Å². The maximum Gasteiger partial charge on any atom is 0.280 e. The second-order valence-electron chi connectivity index (χ2n) is 5.44. The summed E-state index contributed by atoms with van der Waals surface area (Å²) in [4.78, 5) is 24.4. The number of anilines is 1. The lowest BCUT2D eigenvalue weighted by molar-refractivity contribution is 0.101. The summed E-state index contributed by atoms with van der Waals surface area (Å²) in [5.74, 6) is -3.73. The Balaban J connectivity index is 2.01. The number of para-hydroxylation sites is 1. The lowest BCUT2D eigenvalue weighted by atomic mass is 10.2. The van der Waals surface area contributed by atoms with Crippen LogP contribution in [0.2, 0.25) is 0 Å². The maximum absolute atomic E-state index is 14.0. The van der Waals surface area contributed by atoms with Gasteiger partial charge in [-0.15, -0.1) is 0 Å². The summed E-state index contributed by atoms with van der Waals surface area (Å²) in [5.41, 5.74) is -0.858. The Morgan fingerprint density at radius 3 is 2.42 bits per heavy atom. The van der Waals surface area contributed by atoms with E-state index < -0.39 is 34.5 Å². The number of amides is 1. The number of rotatable bonds is 3. The Kier molecular flexibility index (Phi) is 4.57. The molecule has 0 bridgehead atoms. The van der Waals surface area contributed by atoms with Crippen LogP contribution in [0.4, 0.5) is 18.9 Å². The van der Waals surface area contributed by atoms with Gasteiger partial charge in [-0.25, -0.2) is 17.9 Å². The molecular formula is C18H12F3N3O2. The molecule has 3 aromatic rings. The van der Waals surface area contributed by atoms with Gasteiger partial charge in [0.05, 0.1) is 0 Å². The molecule has 0 spiro atoms. The second-order valence-corrected chi connectivity index (χ2v) is 5.44. The number of carbonyl (C=O) groups excluding carboxylic acids is 1. The van der Waals surface area contributed by atoms with Crippen LogP contribution in [0.15, 0.2) is 53.3 Å². The Morgan fingerprint density at radius 2 is 1.73 bits per heavy atom. The molecule has 5 nitrogen and oxygen atoms in total. The van der Waals surface area contributed by atoms with E-state index in [0.29, 0.717) is 5.69 Å². The van der Waals surface area contributed by atoms with Crippen molar-refractivity contribution in [2.45, 2.75) is 6.92 Å². The number of hydrogen-bond donors (Lipinski definition) is 1. The predicted octanol–water partition coefficient (Wildman–Crippen LogP) is 3.21. The first-order valence-corrected chi connectivity index (χ1v) is 7.49. The number of hydrogen-bond acceptors (Lipinski definition) is 3. The summed E-state index contributed by atoms with van der Waals surface area (Å²) in [7, 11) is 0. The van der Waals surface area contributed by atoms with Gasteiger partial charge in [-0.1, -0.05) is 12.1 Å². The highest BCUT2D eigenvalue weighted by Gasteiger charge is 2.17. The van der Waals surface area contributed by atoms with Crippen LogP contribution in [-0.2, 0) is 0 Å². The molecule has 0 radical (unpaired) electrons. The molecular weight excluding hydrogens is 347 g/mol. The molecule has 132 valence electrons. The van der Waals surface area contributed by atoms with Crippen molar-refractivity contribution in [1.29, 1.82) is 0 Å². The Bertz CT molecular complexity index is 1060. The normalized spacial score (nSPS) is 10.6. The van der Waals surface area contributed by atoms with E-state index in [1.807, 2.05) is 0 Å². The van der Waals surface area contributed by atoms with Crippen molar-refractivity contribution < 1.29 is 18.0 Å². The first-order chi connectivity index (χ1) is 12.4. The van der Waals surface area contributed by atoms with Gasteiger partial charge >= 0.3 is 0 Å². The average molecular weight is 359 g/mol. The van der Waals surface area contributed by atoms with Gasteiger partial charge in [0.1, 0.15) is 11.5 Å². The third-order valence-corrected chi connectivity index (χ3v) is 3.58. The Labute approximate surface area is 145 Å². The molecule has 1 amide bonds. The van der Waals surface area contributed by atoms with E-state index in [-0.39, 0.29) is 11.4 Å². The number of nitrogens with one attached hydrogen (secondary N) is 1. The van der Waals surface area contributed by atoms with Gasteiger partial charge in [0.15, 0.2) is 17.3 Å². The number of nitrogens with zero attached hydrogens (tertiary/aromatic N) is 2. The minimum Gasteiger partial charge on any atom is -0.320 e. The molecule has 2 aromatic carbocycles. The van der Waals surface area contributed by atoms with Crippen LogP contribution in [0, 0.1) is 24.4 Å². The van der Waals surface area contributed by atoms with E-state index in [2.05, 4.69) is 10.4 Å². The smallest absolute Gasteiger partial charge is 0.280 e. The zero-order valence-electron chi connectivity index (χ0n) is 13.5. The summed E-state index contributed by atoms with van der Waals surface area (Å²) in [6, 6.07) is 9.62. The summed E-state index contributed by atoms with van der Waals surface area (Å²) in [6.07, 6.45) is 0. The fourth-order valence-electron chi connectivity index (χ4n) is 2.34. The highest BCUT2D eigenvalue weighted by atomic mass is 19.2. The molecule has 3 rings (SSSR count). The molecule has 1 aromatic heterocycles. The van der Waals surface area contributed by atoms with E-state index in [4.69, 9.17) is 0 Å². The number of aryl methyl sites for hydroxylation is 1. The Hall–Kier alpha value is -3.42. The molecule has 0 aliphatic heterocycles. The van der Waals surface area contributed by atoms with Crippen LogP contribution in [0.1, 0.15) is 16.2 Å². The van der Waals surface area contributed by atoms with E-state index >= 15 is 0 Å². The Morgan fingerprint density at radius 1 is 1.00 bits per heavy atom. The molecule has 0 atom stereocenters. The SMILES string of the molecule is Cc1cc(=O)c(C(=O)Nc2ccc(F)c(F)c2)nn1-c1ccccc1F. The lowest BCUT2D eigenvalue weighted by Crippen LogP contribution is -2.27. The quantitative estimate of drug-likeness (QED) is 0.781. The van der Waals surface area contributed by atoms with Gasteiger partial charge < -0.3 is 5.32 Å². The topological polar surface area (TPSA) is 64.0 Å². The molecule has 0 fully saturated rings. The largest absolute Gasteiger partial charge is 0.320 e. The van der Waals surface area contributed by atoms with Crippen LogP contribution >= 0.6 is 0 Å². The number of benzene rings is 2. The van der Waals surface area contributed by atoms with Crippen molar-refractivity contribution in [2.24, 2.45) is 0 Å². The van der Waals surface area contributed by atoms with Crippen molar-refractivity contribution in [3.63, 3.8) is 0 Å². The summed E-state index contributed by atoms with van der Waals surface area (Å²) in [5, 5.41) is 6.19. The molecule has 26 heavy (non-hydrogen) atoms. The van der Waals surface area contributed by atoms with Crippen molar-refractivity contribution >= 4 is 11.6 Å².